The zero-order chi connectivity index (χ0) is 11.0. The van der Waals surface area contributed by atoms with Crippen LogP contribution < -0.4 is 5.32 Å². The van der Waals surface area contributed by atoms with Crippen LogP contribution in [0.5, 0.6) is 0 Å². The summed E-state index contributed by atoms with van der Waals surface area (Å²) in [6, 6.07) is 0. The maximum atomic E-state index is 10.8. The van der Waals surface area contributed by atoms with Gasteiger partial charge in [-0.25, -0.2) is 4.79 Å². The van der Waals surface area contributed by atoms with E-state index in [1.54, 1.807) is 0 Å². The molecule has 0 saturated heterocycles. The Bertz CT molecular complexity index is 216. The van der Waals surface area contributed by atoms with E-state index in [1.807, 2.05) is 0 Å². The topological polar surface area (TPSA) is 95.9 Å². The number of aliphatic hydroxyl groups excluding tert-OH is 1. The Labute approximate surface area is 81.2 Å². The minimum atomic E-state index is -1.13. The van der Waals surface area contributed by atoms with Gasteiger partial charge in [-0.05, 0) is 0 Å². The lowest BCUT2D eigenvalue weighted by atomic mass is 10.2. The van der Waals surface area contributed by atoms with E-state index >= 15 is 0 Å². The van der Waals surface area contributed by atoms with E-state index in [2.05, 4.69) is 16.6 Å². The number of aliphatic hydroxyl groups is 1. The fourth-order valence-electron chi connectivity index (χ4n) is 0.661. The first-order valence-electron chi connectivity index (χ1n) is 3.97. The smallest absolute Gasteiger partial charge is 0.407 e. The number of carboxylic acids is 1. The molecule has 0 unspecified atom stereocenters. The van der Waals surface area contributed by atoms with Crippen molar-refractivity contribution in [3.05, 3.63) is 12.7 Å². The highest BCUT2D eigenvalue weighted by Crippen LogP contribution is 1.89. The molecule has 0 bridgehead atoms. The number of carbonyl (C=O) groups is 2. The van der Waals surface area contributed by atoms with Crippen LogP contribution in [0.25, 0.3) is 0 Å². The van der Waals surface area contributed by atoms with Gasteiger partial charge in [-0.2, -0.15) is 0 Å². The van der Waals surface area contributed by atoms with E-state index in [0.29, 0.717) is 0 Å². The van der Waals surface area contributed by atoms with Gasteiger partial charge in [0.15, 0.2) is 0 Å². The number of hydrogen-bond acceptors (Lipinski definition) is 4. The molecule has 0 fully saturated rings. The van der Waals surface area contributed by atoms with Crippen LogP contribution in [0.2, 0.25) is 0 Å². The van der Waals surface area contributed by atoms with Crippen molar-refractivity contribution in [2.45, 2.75) is 12.5 Å². The van der Waals surface area contributed by atoms with Crippen molar-refractivity contribution in [1.29, 1.82) is 0 Å². The minimum absolute atomic E-state index is 0.0703. The minimum Gasteiger partial charge on any atom is -0.481 e. The predicted octanol–water partition coefficient (Wildman–Crippen LogP) is -0.266. The third-order valence-corrected chi connectivity index (χ3v) is 1.22. The van der Waals surface area contributed by atoms with Crippen molar-refractivity contribution >= 4 is 12.1 Å². The first-order chi connectivity index (χ1) is 6.56. The maximum absolute atomic E-state index is 10.8. The lowest BCUT2D eigenvalue weighted by molar-refractivity contribution is -0.139. The summed E-state index contributed by atoms with van der Waals surface area (Å²) in [6.07, 6.45) is -0.840. The van der Waals surface area contributed by atoms with E-state index < -0.39 is 24.6 Å². The fraction of sp³-hybridized carbons (Fsp3) is 0.500. The lowest BCUT2D eigenvalue weighted by Crippen LogP contribution is -2.33. The molecule has 14 heavy (non-hydrogen) atoms. The van der Waals surface area contributed by atoms with Gasteiger partial charge in [0.2, 0.25) is 0 Å². The van der Waals surface area contributed by atoms with Crippen LogP contribution in [-0.4, -0.2) is 41.5 Å². The number of aliphatic carboxylic acids is 1. The molecule has 0 rings (SSSR count). The van der Waals surface area contributed by atoms with Gasteiger partial charge in [-0.3, -0.25) is 4.79 Å². The Kier molecular flexibility index (Phi) is 6.13. The first kappa shape index (κ1) is 12.4. The van der Waals surface area contributed by atoms with E-state index in [1.165, 1.54) is 6.08 Å². The van der Waals surface area contributed by atoms with Gasteiger partial charge in [0, 0.05) is 6.54 Å². The summed E-state index contributed by atoms with van der Waals surface area (Å²) in [7, 11) is 0. The van der Waals surface area contributed by atoms with Gasteiger partial charge in [-0.15, -0.1) is 0 Å². The highest BCUT2D eigenvalue weighted by atomic mass is 16.5. The molecule has 1 amide bonds. The van der Waals surface area contributed by atoms with Crippen molar-refractivity contribution in [3.63, 3.8) is 0 Å². The second-order valence-corrected chi connectivity index (χ2v) is 2.52. The molecular weight excluding hydrogens is 190 g/mol. The average Bonchev–Trinajstić information content (AvgIpc) is 2.10. The summed E-state index contributed by atoms with van der Waals surface area (Å²) in [6.45, 7) is 3.25. The Morgan fingerprint density at radius 2 is 2.21 bits per heavy atom. The quantitative estimate of drug-likeness (QED) is 0.516. The summed E-state index contributed by atoms with van der Waals surface area (Å²) in [5.41, 5.74) is 0. The van der Waals surface area contributed by atoms with Gasteiger partial charge in [0.1, 0.15) is 6.61 Å². The number of carboxylic acid groups (broad SMARTS) is 1. The van der Waals surface area contributed by atoms with Crippen molar-refractivity contribution in [2.24, 2.45) is 0 Å². The van der Waals surface area contributed by atoms with Crippen LogP contribution in [0.4, 0.5) is 4.79 Å². The molecule has 0 aromatic carbocycles. The maximum Gasteiger partial charge on any atom is 0.407 e. The van der Waals surface area contributed by atoms with Crippen LogP contribution in [-0.2, 0) is 9.53 Å². The van der Waals surface area contributed by atoms with E-state index in [0.717, 1.165) is 0 Å². The van der Waals surface area contributed by atoms with Crippen LogP contribution in [0, 0.1) is 0 Å². The van der Waals surface area contributed by atoms with Crippen molar-refractivity contribution in [2.75, 3.05) is 13.2 Å². The molecule has 0 heterocycles. The molecule has 6 heteroatoms. The molecule has 3 N–H and O–H groups in total. The summed E-state index contributed by atoms with van der Waals surface area (Å²) in [5, 5.41) is 19.5. The summed E-state index contributed by atoms with van der Waals surface area (Å²) < 4.78 is 4.52. The molecule has 6 nitrogen and oxygen atoms in total. The third kappa shape index (κ3) is 7.11. The number of nitrogens with one attached hydrogen (secondary N) is 1. The number of ether oxygens (including phenoxy) is 1. The van der Waals surface area contributed by atoms with Crippen LogP contribution in [0.1, 0.15) is 6.42 Å². The molecular formula is C8H13NO5. The molecule has 0 aliphatic heterocycles. The average molecular weight is 203 g/mol. The number of amides is 1. The Hall–Kier alpha value is -1.56. The number of rotatable bonds is 6. The highest BCUT2D eigenvalue weighted by Gasteiger charge is 2.10. The van der Waals surface area contributed by atoms with Crippen molar-refractivity contribution < 1.29 is 24.5 Å². The van der Waals surface area contributed by atoms with E-state index in [9.17, 15) is 9.59 Å². The molecule has 80 valence electrons. The highest BCUT2D eigenvalue weighted by molar-refractivity contribution is 5.68. The lowest BCUT2D eigenvalue weighted by Gasteiger charge is -2.09. The van der Waals surface area contributed by atoms with Crippen LogP contribution >= 0.6 is 0 Å². The monoisotopic (exact) mass is 203 g/mol. The Morgan fingerprint density at radius 1 is 1.57 bits per heavy atom. The predicted molar refractivity (Wildman–Crippen MR) is 47.8 cm³/mol. The third-order valence-electron chi connectivity index (χ3n) is 1.22. The Balaban J connectivity index is 3.55. The largest absolute Gasteiger partial charge is 0.481 e. The molecule has 0 saturated carbocycles. The number of alkyl carbamates (subject to hydrolysis) is 1. The molecule has 1 atom stereocenters. The molecule has 0 aliphatic carbocycles. The summed E-state index contributed by atoms with van der Waals surface area (Å²) in [5.74, 6) is -1.13. The van der Waals surface area contributed by atoms with Crippen molar-refractivity contribution in [1.82, 2.24) is 5.32 Å². The fourth-order valence-corrected chi connectivity index (χ4v) is 0.661. The van der Waals surface area contributed by atoms with E-state index in [-0.39, 0.29) is 13.2 Å². The molecule has 0 radical (unpaired) electrons. The van der Waals surface area contributed by atoms with Gasteiger partial charge in [0.05, 0.1) is 12.5 Å². The number of carbonyl (C=O) groups excluding carboxylic acids is 1. The summed E-state index contributed by atoms with van der Waals surface area (Å²) >= 11 is 0. The standard InChI is InChI=1S/C8H13NO5/c1-2-3-14-8(13)9-5-6(10)4-7(11)12/h2,6,10H,1,3-5H2,(H,9,13)(H,11,12)/t6-/m0/s1. The molecule has 0 aromatic rings. The van der Waals surface area contributed by atoms with Gasteiger partial charge in [0.25, 0.3) is 0 Å². The first-order valence-corrected chi connectivity index (χ1v) is 3.97. The molecule has 0 aromatic heterocycles. The zero-order valence-electron chi connectivity index (χ0n) is 7.60. The second-order valence-electron chi connectivity index (χ2n) is 2.52. The SMILES string of the molecule is C=CCOC(=O)NC[C@@H](O)CC(=O)O. The van der Waals surface area contributed by atoms with Gasteiger partial charge < -0.3 is 20.3 Å². The van der Waals surface area contributed by atoms with E-state index in [4.69, 9.17) is 10.2 Å². The zero-order valence-corrected chi connectivity index (χ0v) is 7.60. The van der Waals surface area contributed by atoms with Crippen molar-refractivity contribution in [3.8, 4) is 0 Å². The van der Waals surface area contributed by atoms with Crippen LogP contribution in [0.15, 0.2) is 12.7 Å². The Morgan fingerprint density at radius 3 is 2.71 bits per heavy atom. The normalized spacial score (nSPS) is 11.5. The molecule has 0 spiro atoms. The molecule has 0 aliphatic rings. The van der Waals surface area contributed by atoms with Crippen LogP contribution in [0.3, 0.4) is 0 Å². The van der Waals surface area contributed by atoms with Gasteiger partial charge >= 0.3 is 12.1 Å². The number of hydrogen-bond donors (Lipinski definition) is 3. The summed E-state index contributed by atoms with van der Waals surface area (Å²) in [4.78, 5) is 20.9. The van der Waals surface area contributed by atoms with Gasteiger partial charge in [-0.1, -0.05) is 12.7 Å². The second kappa shape index (κ2) is 6.90.